The highest BCUT2D eigenvalue weighted by Gasteiger charge is 2.39. The maximum Gasteiger partial charge on any atom is 0.326 e. The SMILES string of the molecule is O=C1CN(c2c(O)cc3c(c2F)CN(C(=O)NCCC2CC2)CC3)S(=O)(=O)N1. The maximum absolute atomic E-state index is 15.2. The van der Waals surface area contributed by atoms with Gasteiger partial charge in [-0.3, -0.25) is 4.79 Å². The average molecular weight is 412 g/mol. The molecule has 1 aliphatic carbocycles. The summed E-state index contributed by atoms with van der Waals surface area (Å²) in [5.41, 5.74) is 0.0793. The van der Waals surface area contributed by atoms with Crippen LogP contribution in [0.3, 0.4) is 0 Å². The summed E-state index contributed by atoms with van der Waals surface area (Å²) in [7, 11) is -4.26. The number of phenols is 1. The number of nitrogens with zero attached hydrogens (tertiary/aromatic N) is 2. The minimum atomic E-state index is -4.26. The summed E-state index contributed by atoms with van der Waals surface area (Å²) in [5, 5.41) is 13.0. The molecule has 1 aromatic rings. The van der Waals surface area contributed by atoms with Crippen molar-refractivity contribution in [1.29, 1.82) is 0 Å². The number of nitrogens with one attached hydrogen (secondary N) is 2. The second-order valence-electron chi connectivity index (χ2n) is 7.37. The zero-order valence-corrected chi connectivity index (χ0v) is 15.9. The Labute approximate surface area is 161 Å². The van der Waals surface area contributed by atoms with Crippen molar-refractivity contribution in [2.45, 2.75) is 32.2 Å². The first-order chi connectivity index (χ1) is 13.3. The van der Waals surface area contributed by atoms with Gasteiger partial charge >= 0.3 is 16.2 Å². The van der Waals surface area contributed by atoms with Crippen LogP contribution in [-0.4, -0.2) is 50.0 Å². The van der Waals surface area contributed by atoms with E-state index in [1.54, 1.807) is 4.72 Å². The number of hydrogen-bond donors (Lipinski definition) is 3. The first kappa shape index (κ1) is 18.8. The number of phenolic OH excluding ortho intramolecular Hbond substituents is 1. The predicted octanol–water partition coefficient (Wildman–Crippen LogP) is 0.580. The Kier molecular flexibility index (Phi) is 4.56. The minimum absolute atomic E-state index is 0.0427. The fraction of sp³-hybridized carbons (Fsp3) is 0.529. The highest BCUT2D eigenvalue weighted by Crippen LogP contribution is 2.39. The first-order valence-electron chi connectivity index (χ1n) is 9.15. The van der Waals surface area contributed by atoms with Gasteiger partial charge in [-0.15, -0.1) is 0 Å². The minimum Gasteiger partial charge on any atom is -0.506 e. The summed E-state index contributed by atoms with van der Waals surface area (Å²) < 4.78 is 41.5. The normalized spacial score (nSPS) is 20.7. The van der Waals surface area contributed by atoms with Crippen molar-refractivity contribution in [2.75, 3.05) is 23.9 Å². The van der Waals surface area contributed by atoms with Crippen molar-refractivity contribution >= 4 is 27.8 Å². The van der Waals surface area contributed by atoms with E-state index in [0.717, 1.165) is 6.42 Å². The number of rotatable bonds is 4. The molecule has 152 valence electrons. The van der Waals surface area contributed by atoms with Crippen LogP contribution in [0.1, 0.15) is 30.4 Å². The van der Waals surface area contributed by atoms with Gasteiger partial charge in [-0.2, -0.15) is 8.42 Å². The van der Waals surface area contributed by atoms with Crippen molar-refractivity contribution in [3.8, 4) is 5.75 Å². The molecule has 3 aliphatic rings. The number of amides is 3. The Hall–Kier alpha value is -2.56. The number of anilines is 1. The molecule has 0 atom stereocenters. The smallest absolute Gasteiger partial charge is 0.326 e. The van der Waals surface area contributed by atoms with Gasteiger partial charge in [0.2, 0.25) is 0 Å². The molecule has 0 spiro atoms. The Morgan fingerprint density at radius 2 is 2.11 bits per heavy atom. The molecule has 0 radical (unpaired) electrons. The van der Waals surface area contributed by atoms with Crippen LogP contribution in [0.5, 0.6) is 5.75 Å². The zero-order valence-electron chi connectivity index (χ0n) is 15.1. The average Bonchev–Trinajstić information content (AvgIpc) is 3.39. The summed E-state index contributed by atoms with van der Waals surface area (Å²) in [4.78, 5) is 25.3. The molecule has 0 bridgehead atoms. The second-order valence-corrected chi connectivity index (χ2v) is 8.96. The van der Waals surface area contributed by atoms with Crippen LogP contribution < -0.4 is 14.3 Å². The van der Waals surface area contributed by atoms with Gasteiger partial charge in [0.05, 0.1) is 6.54 Å². The van der Waals surface area contributed by atoms with E-state index < -0.39 is 39.9 Å². The molecule has 3 amide bonds. The largest absolute Gasteiger partial charge is 0.506 e. The van der Waals surface area contributed by atoms with Gasteiger partial charge in [0, 0.05) is 18.7 Å². The molecule has 0 unspecified atom stereocenters. The van der Waals surface area contributed by atoms with E-state index in [4.69, 9.17) is 0 Å². The van der Waals surface area contributed by atoms with Gasteiger partial charge in [0.25, 0.3) is 5.91 Å². The van der Waals surface area contributed by atoms with Gasteiger partial charge < -0.3 is 15.3 Å². The van der Waals surface area contributed by atoms with Crippen molar-refractivity contribution in [2.24, 2.45) is 5.92 Å². The Bertz CT molecular complexity index is 947. The molecule has 11 heteroatoms. The van der Waals surface area contributed by atoms with Gasteiger partial charge in [0.1, 0.15) is 18.0 Å². The molecule has 2 aliphatic heterocycles. The van der Waals surface area contributed by atoms with E-state index in [0.29, 0.717) is 35.3 Å². The highest BCUT2D eigenvalue weighted by molar-refractivity contribution is 7.92. The predicted molar refractivity (Wildman–Crippen MR) is 97.3 cm³/mol. The van der Waals surface area contributed by atoms with Crippen LogP contribution in [-0.2, 0) is 28.0 Å². The topological polar surface area (TPSA) is 119 Å². The lowest BCUT2D eigenvalue weighted by atomic mass is 9.97. The summed E-state index contributed by atoms with van der Waals surface area (Å²) in [6.07, 6.45) is 3.65. The lowest BCUT2D eigenvalue weighted by Crippen LogP contribution is -2.43. The van der Waals surface area contributed by atoms with Crippen LogP contribution in [0.25, 0.3) is 0 Å². The van der Waals surface area contributed by atoms with Crippen LogP contribution >= 0.6 is 0 Å². The third-order valence-electron chi connectivity index (χ3n) is 5.30. The fourth-order valence-corrected chi connectivity index (χ4v) is 4.76. The number of carbonyl (C=O) groups is 2. The van der Waals surface area contributed by atoms with E-state index in [9.17, 15) is 23.1 Å². The van der Waals surface area contributed by atoms with Crippen LogP contribution in [0.2, 0.25) is 0 Å². The number of aromatic hydroxyl groups is 1. The number of urea groups is 1. The summed E-state index contributed by atoms with van der Waals surface area (Å²) >= 11 is 0. The van der Waals surface area contributed by atoms with Gasteiger partial charge in [-0.05, 0) is 30.4 Å². The monoisotopic (exact) mass is 412 g/mol. The molecule has 1 saturated heterocycles. The molecule has 28 heavy (non-hydrogen) atoms. The van der Waals surface area contributed by atoms with Crippen LogP contribution in [0, 0.1) is 11.7 Å². The third-order valence-corrected chi connectivity index (χ3v) is 6.67. The molecule has 9 nitrogen and oxygen atoms in total. The van der Waals surface area contributed by atoms with E-state index in [2.05, 4.69) is 5.32 Å². The van der Waals surface area contributed by atoms with Crippen molar-refractivity contribution in [1.82, 2.24) is 14.9 Å². The fourth-order valence-electron chi connectivity index (χ4n) is 3.59. The van der Waals surface area contributed by atoms with Gasteiger partial charge in [-0.1, -0.05) is 12.8 Å². The van der Waals surface area contributed by atoms with Crippen molar-refractivity contribution in [3.05, 3.63) is 23.0 Å². The molecule has 2 fully saturated rings. The molecule has 3 N–H and O–H groups in total. The van der Waals surface area contributed by atoms with E-state index in [-0.39, 0.29) is 18.1 Å². The van der Waals surface area contributed by atoms with Crippen molar-refractivity contribution in [3.63, 3.8) is 0 Å². The first-order valence-corrected chi connectivity index (χ1v) is 10.6. The molecule has 1 aromatic carbocycles. The summed E-state index contributed by atoms with van der Waals surface area (Å²) in [6, 6.07) is 1.000. The number of carbonyl (C=O) groups excluding carboxylic acids is 2. The van der Waals surface area contributed by atoms with E-state index in [1.165, 1.54) is 23.8 Å². The standard InChI is InChI=1S/C17H21FN4O5S/c18-15-12-8-21(17(25)19-5-3-10-1-2-10)6-4-11(12)7-13(23)16(15)22-9-14(24)20-28(22,26)27/h7,10,23H,1-6,8-9H2,(H,19,25)(H,20,24). The third kappa shape index (κ3) is 3.46. The van der Waals surface area contributed by atoms with Gasteiger partial charge in [-0.25, -0.2) is 18.2 Å². The zero-order chi connectivity index (χ0) is 20.1. The summed E-state index contributed by atoms with van der Waals surface area (Å²) in [6.45, 7) is 0.272. The van der Waals surface area contributed by atoms with E-state index in [1.807, 2.05) is 0 Å². The number of halogens is 1. The molecule has 1 saturated carbocycles. The lowest BCUT2D eigenvalue weighted by molar-refractivity contribution is -0.117. The molecule has 2 heterocycles. The maximum atomic E-state index is 15.2. The van der Waals surface area contributed by atoms with Crippen molar-refractivity contribution < 1.29 is 27.5 Å². The Balaban J connectivity index is 1.57. The number of benzene rings is 1. The second kappa shape index (κ2) is 6.80. The van der Waals surface area contributed by atoms with E-state index >= 15 is 4.39 Å². The summed E-state index contributed by atoms with van der Waals surface area (Å²) in [5.74, 6) is -1.62. The molecule has 4 rings (SSSR count). The number of hydrogen-bond acceptors (Lipinski definition) is 5. The van der Waals surface area contributed by atoms with Gasteiger partial charge in [0.15, 0.2) is 5.82 Å². The quantitative estimate of drug-likeness (QED) is 0.668. The molecular formula is C17H21FN4O5S. The van der Waals surface area contributed by atoms with Crippen LogP contribution in [0.4, 0.5) is 14.9 Å². The Morgan fingerprint density at radius 1 is 1.36 bits per heavy atom. The molecular weight excluding hydrogens is 391 g/mol. The van der Waals surface area contributed by atoms with Crippen LogP contribution in [0.15, 0.2) is 6.07 Å². The number of fused-ring (bicyclic) bond motifs is 1. The lowest BCUT2D eigenvalue weighted by Gasteiger charge is -2.31. The Morgan fingerprint density at radius 3 is 2.75 bits per heavy atom. The highest BCUT2D eigenvalue weighted by atomic mass is 32.2. The molecule has 0 aromatic heterocycles.